The molecule has 0 aliphatic carbocycles. The number of nitrogens with zero attached hydrogens (tertiary/aromatic N) is 1. The number of ether oxygens (including phenoxy) is 2. The molecular formula is C20H18BrFN2O4. The van der Waals surface area contributed by atoms with Gasteiger partial charge in [0.15, 0.2) is 17.3 Å². The molecule has 2 aromatic rings. The number of halogens is 2. The quantitative estimate of drug-likeness (QED) is 0.737. The van der Waals surface area contributed by atoms with E-state index in [0.29, 0.717) is 27.2 Å². The van der Waals surface area contributed by atoms with Crippen LogP contribution in [0.25, 0.3) is 0 Å². The van der Waals surface area contributed by atoms with Crippen LogP contribution in [0.15, 0.2) is 53.1 Å². The number of rotatable bonds is 4. The van der Waals surface area contributed by atoms with Gasteiger partial charge >= 0.3 is 6.03 Å². The number of hydrogen-bond acceptors (Lipinski definition) is 4. The summed E-state index contributed by atoms with van der Waals surface area (Å²) in [6.07, 6.45) is 2.81. The van der Waals surface area contributed by atoms with E-state index < -0.39 is 17.9 Å². The second kappa shape index (κ2) is 8.43. The fraction of sp³-hybridized carbons (Fsp3) is 0.200. The Morgan fingerprint density at radius 3 is 2.61 bits per heavy atom. The normalized spacial score (nSPS) is 16.1. The lowest BCUT2D eigenvalue weighted by molar-refractivity contribution is -0.116. The van der Waals surface area contributed by atoms with Gasteiger partial charge in [0.2, 0.25) is 0 Å². The van der Waals surface area contributed by atoms with Crippen LogP contribution in [-0.4, -0.2) is 30.9 Å². The van der Waals surface area contributed by atoms with Crippen molar-refractivity contribution in [2.75, 3.05) is 19.5 Å². The van der Waals surface area contributed by atoms with Crippen molar-refractivity contribution in [3.63, 3.8) is 0 Å². The number of hydrogen-bond donors (Lipinski definition) is 1. The molecule has 3 rings (SSSR count). The van der Waals surface area contributed by atoms with Crippen LogP contribution in [0.3, 0.4) is 0 Å². The van der Waals surface area contributed by atoms with Gasteiger partial charge in [-0.2, -0.15) is 0 Å². The van der Waals surface area contributed by atoms with Gasteiger partial charge in [-0.05, 0) is 39.7 Å². The minimum absolute atomic E-state index is 0.0699. The Kier molecular flexibility index (Phi) is 5.99. The maximum Gasteiger partial charge on any atom is 0.326 e. The number of methoxy groups -OCH3 is 2. The second-order valence-electron chi connectivity index (χ2n) is 6.08. The Bertz CT molecular complexity index is 948. The summed E-state index contributed by atoms with van der Waals surface area (Å²) in [5.74, 6) is 0.397. The van der Waals surface area contributed by atoms with Gasteiger partial charge in [0.05, 0.1) is 25.9 Å². The topological polar surface area (TPSA) is 67.9 Å². The number of urea groups is 1. The number of carbonyl (C=O) groups is 2. The molecule has 2 amide bonds. The van der Waals surface area contributed by atoms with Crippen LogP contribution in [0, 0.1) is 5.82 Å². The van der Waals surface area contributed by atoms with Crippen molar-refractivity contribution in [1.29, 1.82) is 0 Å². The molecule has 146 valence electrons. The first-order valence-corrected chi connectivity index (χ1v) is 9.19. The number of amides is 2. The lowest BCUT2D eigenvalue weighted by Crippen LogP contribution is -2.37. The highest BCUT2D eigenvalue weighted by Crippen LogP contribution is 2.37. The first-order chi connectivity index (χ1) is 13.4. The van der Waals surface area contributed by atoms with Crippen molar-refractivity contribution in [2.45, 2.75) is 12.5 Å². The van der Waals surface area contributed by atoms with Crippen molar-refractivity contribution in [2.24, 2.45) is 0 Å². The van der Waals surface area contributed by atoms with Crippen LogP contribution in [0.5, 0.6) is 11.5 Å². The molecule has 0 bridgehead atoms. The molecule has 1 N–H and O–H groups in total. The van der Waals surface area contributed by atoms with E-state index in [-0.39, 0.29) is 12.2 Å². The molecule has 1 aliphatic rings. The van der Waals surface area contributed by atoms with Crippen LogP contribution in [-0.2, 0) is 4.79 Å². The molecule has 0 fully saturated rings. The highest BCUT2D eigenvalue weighted by atomic mass is 79.9. The first kappa shape index (κ1) is 19.9. The van der Waals surface area contributed by atoms with Crippen LogP contribution in [0.2, 0.25) is 0 Å². The van der Waals surface area contributed by atoms with Crippen molar-refractivity contribution < 1.29 is 23.5 Å². The van der Waals surface area contributed by atoms with E-state index in [2.05, 4.69) is 21.2 Å². The van der Waals surface area contributed by atoms with Crippen LogP contribution < -0.4 is 14.8 Å². The predicted molar refractivity (Wildman–Crippen MR) is 106 cm³/mol. The number of carbonyl (C=O) groups excluding carboxylic acids is 2. The summed E-state index contributed by atoms with van der Waals surface area (Å²) in [5.41, 5.74) is 1.00. The van der Waals surface area contributed by atoms with Gasteiger partial charge in [-0.3, -0.25) is 9.69 Å². The van der Waals surface area contributed by atoms with E-state index in [1.54, 1.807) is 24.3 Å². The highest BCUT2D eigenvalue weighted by Gasteiger charge is 2.29. The summed E-state index contributed by atoms with van der Waals surface area (Å²) < 4.78 is 24.7. The van der Waals surface area contributed by atoms with Crippen LogP contribution in [0.1, 0.15) is 18.0 Å². The molecule has 1 unspecified atom stereocenters. The molecule has 2 aromatic carbocycles. The SMILES string of the molecule is COc1cc(Br)c(NC(=O)N2C=CC(=O)CC2c2cccc(F)c2)cc1OC. The fourth-order valence-electron chi connectivity index (χ4n) is 2.96. The summed E-state index contributed by atoms with van der Waals surface area (Å²) in [6, 6.07) is 8.10. The van der Waals surface area contributed by atoms with E-state index in [0.717, 1.165) is 0 Å². The van der Waals surface area contributed by atoms with Gasteiger partial charge in [0, 0.05) is 29.2 Å². The van der Waals surface area contributed by atoms with E-state index >= 15 is 0 Å². The third-order valence-electron chi connectivity index (χ3n) is 4.33. The van der Waals surface area contributed by atoms with E-state index in [1.165, 1.54) is 43.5 Å². The zero-order valence-corrected chi connectivity index (χ0v) is 16.8. The van der Waals surface area contributed by atoms with Gasteiger partial charge < -0.3 is 14.8 Å². The smallest absolute Gasteiger partial charge is 0.326 e. The zero-order valence-electron chi connectivity index (χ0n) is 15.2. The maximum atomic E-state index is 13.6. The molecule has 0 aromatic heterocycles. The Labute approximate surface area is 170 Å². The fourth-order valence-corrected chi connectivity index (χ4v) is 3.38. The predicted octanol–water partition coefficient (Wildman–Crippen LogP) is 4.67. The zero-order chi connectivity index (χ0) is 20.3. The van der Waals surface area contributed by atoms with E-state index in [4.69, 9.17) is 9.47 Å². The number of ketones is 1. The average Bonchev–Trinajstić information content (AvgIpc) is 2.69. The standard InChI is InChI=1S/C20H18BrFN2O4/c1-27-18-10-15(21)16(11-19(18)28-2)23-20(26)24-7-6-14(25)9-17(24)12-4-3-5-13(22)8-12/h3-8,10-11,17H,9H2,1-2H3,(H,23,26). The third kappa shape index (κ3) is 4.17. The van der Waals surface area contributed by atoms with E-state index in [9.17, 15) is 14.0 Å². The minimum atomic E-state index is -0.605. The van der Waals surface area contributed by atoms with Gasteiger partial charge in [-0.25, -0.2) is 9.18 Å². The van der Waals surface area contributed by atoms with Crippen molar-refractivity contribution in [1.82, 2.24) is 4.90 Å². The molecule has 0 radical (unpaired) electrons. The Balaban J connectivity index is 1.90. The largest absolute Gasteiger partial charge is 0.493 e. The molecule has 0 saturated heterocycles. The molecule has 1 heterocycles. The lowest BCUT2D eigenvalue weighted by atomic mass is 9.97. The molecule has 6 nitrogen and oxygen atoms in total. The number of anilines is 1. The first-order valence-electron chi connectivity index (χ1n) is 8.40. The summed E-state index contributed by atoms with van der Waals surface area (Å²) in [6.45, 7) is 0. The van der Waals surface area contributed by atoms with Crippen molar-refractivity contribution in [3.8, 4) is 11.5 Å². The van der Waals surface area contributed by atoms with Gasteiger partial charge in [-0.15, -0.1) is 0 Å². The summed E-state index contributed by atoms with van der Waals surface area (Å²) in [7, 11) is 3.01. The van der Waals surface area contributed by atoms with Crippen LogP contribution >= 0.6 is 15.9 Å². The van der Waals surface area contributed by atoms with Crippen molar-refractivity contribution in [3.05, 3.63) is 64.5 Å². The number of nitrogens with one attached hydrogen (secondary N) is 1. The maximum absolute atomic E-state index is 13.6. The summed E-state index contributed by atoms with van der Waals surface area (Å²) in [5, 5.41) is 2.78. The Morgan fingerprint density at radius 1 is 1.21 bits per heavy atom. The third-order valence-corrected chi connectivity index (χ3v) is 4.99. The average molecular weight is 449 g/mol. The second-order valence-corrected chi connectivity index (χ2v) is 6.94. The highest BCUT2D eigenvalue weighted by molar-refractivity contribution is 9.10. The van der Waals surface area contributed by atoms with Gasteiger partial charge in [0.1, 0.15) is 5.82 Å². The van der Waals surface area contributed by atoms with Crippen molar-refractivity contribution >= 4 is 33.4 Å². The van der Waals surface area contributed by atoms with E-state index in [1.807, 2.05) is 0 Å². The molecule has 0 spiro atoms. The van der Waals surface area contributed by atoms with Gasteiger partial charge in [0.25, 0.3) is 0 Å². The minimum Gasteiger partial charge on any atom is -0.493 e. The molecule has 1 atom stereocenters. The molecular weight excluding hydrogens is 431 g/mol. The molecule has 8 heteroatoms. The molecule has 0 saturated carbocycles. The summed E-state index contributed by atoms with van der Waals surface area (Å²) >= 11 is 3.39. The monoisotopic (exact) mass is 448 g/mol. The Morgan fingerprint density at radius 2 is 1.93 bits per heavy atom. The molecule has 1 aliphatic heterocycles. The lowest BCUT2D eigenvalue weighted by Gasteiger charge is -2.31. The Hall–Kier alpha value is -2.87. The van der Waals surface area contributed by atoms with Crippen LogP contribution in [0.4, 0.5) is 14.9 Å². The van der Waals surface area contributed by atoms with Gasteiger partial charge in [-0.1, -0.05) is 12.1 Å². The number of allylic oxidation sites excluding steroid dienone is 1. The summed E-state index contributed by atoms with van der Waals surface area (Å²) in [4.78, 5) is 26.2. The molecule has 28 heavy (non-hydrogen) atoms. The number of benzene rings is 2.